The topological polar surface area (TPSA) is 81.8 Å². The number of oxazole rings is 1. The molecule has 6 rings (SSSR count). The minimum atomic E-state index is 0.178. The van der Waals surface area contributed by atoms with E-state index in [1.54, 1.807) is 11.8 Å². The molecule has 4 heterocycles. The van der Waals surface area contributed by atoms with Crippen molar-refractivity contribution in [1.29, 1.82) is 0 Å². The Hall–Kier alpha value is -3.36. The molecule has 1 N–H and O–H groups in total. The zero-order valence-electron chi connectivity index (χ0n) is 18.9. The second kappa shape index (κ2) is 9.12. The number of benzene rings is 2. The fraction of sp³-hybridized carbons (Fsp3) is 0.269. The molecule has 1 saturated heterocycles. The van der Waals surface area contributed by atoms with E-state index >= 15 is 0 Å². The predicted octanol–water partition coefficient (Wildman–Crippen LogP) is 5.86. The van der Waals surface area contributed by atoms with Crippen LogP contribution in [0.4, 0.5) is 0 Å². The van der Waals surface area contributed by atoms with Gasteiger partial charge in [-0.2, -0.15) is 0 Å². The molecule has 7 nitrogen and oxygen atoms in total. The smallest absolute Gasteiger partial charge is 0.226 e. The molecule has 1 atom stereocenters. The van der Waals surface area contributed by atoms with Crippen LogP contribution in [0.3, 0.4) is 0 Å². The summed E-state index contributed by atoms with van der Waals surface area (Å²) < 4.78 is 14.1. The number of thioether (sulfide) groups is 1. The summed E-state index contributed by atoms with van der Waals surface area (Å²) in [4.78, 5) is 8.11. The van der Waals surface area contributed by atoms with Crippen LogP contribution in [-0.4, -0.2) is 37.4 Å². The van der Waals surface area contributed by atoms with Crippen LogP contribution in [0.15, 0.2) is 70.4 Å². The SMILES string of the molecule is Cc1oc(-c2ccccc2)nc1CSc1nnc(-c2c[nH]c3ccccc23)n1CC1CCCO1. The lowest BCUT2D eigenvalue weighted by molar-refractivity contribution is 0.0953. The Kier molecular flexibility index (Phi) is 5.68. The first kappa shape index (κ1) is 21.2. The van der Waals surface area contributed by atoms with Crippen LogP contribution in [0, 0.1) is 6.92 Å². The number of ether oxygens (including phenoxy) is 1. The highest BCUT2D eigenvalue weighted by atomic mass is 32.2. The number of nitrogens with one attached hydrogen (secondary N) is 1. The summed E-state index contributed by atoms with van der Waals surface area (Å²) in [6.07, 6.45) is 4.34. The number of hydrogen-bond donors (Lipinski definition) is 1. The lowest BCUT2D eigenvalue weighted by Gasteiger charge is -2.14. The minimum Gasteiger partial charge on any atom is -0.441 e. The third-order valence-electron chi connectivity index (χ3n) is 6.21. The van der Waals surface area contributed by atoms with Crippen molar-refractivity contribution in [3.63, 3.8) is 0 Å². The van der Waals surface area contributed by atoms with Gasteiger partial charge in [0.25, 0.3) is 0 Å². The summed E-state index contributed by atoms with van der Waals surface area (Å²) in [6, 6.07) is 18.3. The summed E-state index contributed by atoms with van der Waals surface area (Å²) >= 11 is 1.63. The van der Waals surface area contributed by atoms with E-state index in [2.05, 4.69) is 31.9 Å². The number of rotatable bonds is 7. The molecule has 1 fully saturated rings. The average molecular weight is 472 g/mol. The molecule has 34 heavy (non-hydrogen) atoms. The largest absolute Gasteiger partial charge is 0.441 e. The Balaban J connectivity index is 1.31. The van der Waals surface area contributed by atoms with Crippen molar-refractivity contribution in [1.82, 2.24) is 24.7 Å². The first-order chi connectivity index (χ1) is 16.8. The lowest BCUT2D eigenvalue weighted by Crippen LogP contribution is -2.16. The van der Waals surface area contributed by atoms with Gasteiger partial charge in [-0.25, -0.2) is 4.98 Å². The lowest BCUT2D eigenvalue weighted by atomic mass is 10.1. The number of hydrogen-bond acceptors (Lipinski definition) is 6. The van der Waals surface area contributed by atoms with Gasteiger partial charge in [0, 0.05) is 40.6 Å². The van der Waals surface area contributed by atoms with E-state index in [1.165, 1.54) is 0 Å². The molecule has 0 saturated carbocycles. The standard InChI is InChI=1S/C26H25N5O2S/c1-17-23(28-25(33-17)18-8-3-2-4-9-18)16-34-26-30-29-24(31(26)15-19-10-7-13-32-19)21-14-27-22-12-6-5-11-20(21)22/h2-6,8-9,11-12,14,19,27H,7,10,13,15-16H2,1H3. The first-order valence-electron chi connectivity index (χ1n) is 11.5. The second-order valence-electron chi connectivity index (χ2n) is 8.48. The molecule has 0 radical (unpaired) electrons. The molecule has 0 bridgehead atoms. The maximum atomic E-state index is 5.95. The fourth-order valence-electron chi connectivity index (χ4n) is 4.41. The van der Waals surface area contributed by atoms with E-state index in [0.717, 1.165) is 70.5 Å². The predicted molar refractivity (Wildman–Crippen MR) is 133 cm³/mol. The molecule has 2 aromatic carbocycles. The molecule has 0 amide bonds. The number of aromatic nitrogens is 5. The van der Waals surface area contributed by atoms with E-state index in [-0.39, 0.29) is 6.10 Å². The third kappa shape index (κ3) is 4.03. The van der Waals surface area contributed by atoms with Crippen LogP contribution in [0.5, 0.6) is 0 Å². The molecule has 1 unspecified atom stereocenters. The highest BCUT2D eigenvalue weighted by molar-refractivity contribution is 7.98. The number of para-hydroxylation sites is 1. The molecule has 172 valence electrons. The van der Waals surface area contributed by atoms with Crippen molar-refractivity contribution >= 4 is 22.7 Å². The van der Waals surface area contributed by atoms with Gasteiger partial charge in [0.2, 0.25) is 5.89 Å². The van der Waals surface area contributed by atoms with Gasteiger partial charge in [-0.1, -0.05) is 48.2 Å². The summed E-state index contributed by atoms with van der Waals surface area (Å²) in [7, 11) is 0. The number of fused-ring (bicyclic) bond motifs is 1. The summed E-state index contributed by atoms with van der Waals surface area (Å²) in [5.41, 5.74) is 4.04. The third-order valence-corrected chi connectivity index (χ3v) is 7.19. The molecule has 1 aliphatic rings. The molecule has 3 aromatic heterocycles. The van der Waals surface area contributed by atoms with Crippen molar-refractivity contribution in [3.8, 4) is 22.8 Å². The van der Waals surface area contributed by atoms with E-state index in [4.69, 9.17) is 14.1 Å². The summed E-state index contributed by atoms with van der Waals surface area (Å²) in [6.45, 7) is 3.51. The number of aromatic amines is 1. The Bertz CT molecular complexity index is 1420. The first-order valence-corrected chi connectivity index (χ1v) is 12.5. The maximum Gasteiger partial charge on any atom is 0.226 e. The quantitative estimate of drug-likeness (QED) is 0.299. The van der Waals surface area contributed by atoms with Gasteiger partial charge in [0.15, 0.2) is 11.0 Å². The molecule has 5 aromatic rings. The van der Waals surface area contributed by atoms with Gasteiger partial charge in [-0.15, -0.1) is 10.2 Å². The van der Waals surface area contributed by atoms with Crippen LogP contribution in [0.25, 0.3) is 33.7 Å². The van der Waals surface area contributed by atoms with Crippen LogP contribution >= 0.6 is 11.8 Å². The minimum absolute atomic E-state index is 0.178. The number of H-pyrrole nitrogens is 1. The summed E-state index contributed by atoms with van der Waals surface area (Å²) in [5, 5.41) is 11.2. The molecule has 8 heteroatoms. The Morgan fingerprint density at radius 2 is 1.94 bits per heavy atom. The van der Waals surface area contributed by atoms with Gasteiger partial charge in [-0.05, 0) is 38.0 Å². The Morgan fingerprint density at radius 1 is 1.09 bits per heavy atom. The van der Waals surface area contributed by atoms with Crippen LogP contribution in [0.2, 0.25) is 0 Å². The van der Waals surface area contributed by atoms with E-state index in [9.17, 15) is 0 Å². The van der Waals surface area contributed by atoms with E-state index in [1.807, 2.05) is 55.6 Å². The normalized spacial score (nSPS) is 16.0. The van der Waals surface area contributed by atoms with Crippen molar-refractivity contribution < 1.29 is 9.15 Å². The van der Waals surface area contributed by atoms with E-state index < -0.39 is 0 Å². The Morgan fingerprint density at radius 3 is 2.79 bits per heavy atom. The van der Waals surface area contributed by atoms with E-state index in [0.29, 0.717) is 11.6 Å². The van der Waals surface area contributed by atoms with Crippen molar-refractivity contribution in [2.75, 3.05) is 6.61 Å². The van der Waals surface area contributed by atoms with Crippen molar-refractivity contribution in [2.24, 2.45) is 0 Å². The van der Waals surface area contributed by atoms with Crippen molar-refractivity contribution in [3.05, 3.63) is 72.2 Å². The Labute approximate surface area is 201 Å². The van der Waals surface area contributed by atoms with Gasteiger partial charge in [-0.3, -0.25) is 4.57 Å². The highest BCUT2D eigenvalue weighted by Crippen LogP contribution is 2.33. The highest BCUT2D eigenvalue weighted by Gasteiger charge is 2.23. The van der Waals surface area contributed by atoms with Gasteiger partial charge in [0.05, 0.1) is 18.3 Å². The summed E-state index contributed by atoms with van der Waals surface area (Å²) in [5.74, 6) is 2.99. The molecule has 0 aliphatic carbocycles. The van der Waals surface area contributed by atoms with Gasteiger partial charge < -0.3 is 14.1 Å². The second-order valence-corrected chi connectivity index (χ2v) is 9.42. The molecular formula is C26H25N5O2S. The number of nitrogens with zero attached hydrogens (tertiary/aromatic N) is 4. The zero-order valence-corrected chi connectivity index (χ0v) is 19.7. The zero-order chi connectivity index (χ0) is 22.9. The molecule has 0 spiro atoms. The van der Waals surface area contributed by atoms with Crippen molar-refractivity contribution in [2.45, 2.75) is 43.3 Å². The fourth-order valence-corrected chi connectivity index (χ4v) is 5.36. The molecule has 1 aliphatic heterocycles. The average Bonchev–Trinajstić information content (AvgIpc) is 3.66. The monoisotopic (exact) mass is 471 g/mol. The molecular weight excluding hydrogens is 446 g/mol. The number of aryl methyl sites for hydroxylation is 1. The van der Waals surface area contributed by atoms with Crippen LogP contribution in [-0.2, 0) is 17.0 Å². The van der Waals surface area contributed by atoms with Crippen LogP contribution < -0.4 is 0 Å². The van der Waals surface area contributed by atoms with Crippen LogP contribution in [0.1, 0.15) is 24.3 Å². The van der Waals surface area contributed by atoms with Gasteiger partial charge in [0.1, 0.15) is 5.76 Å². The van der Waals surface area contributed by atoms with Gasteiger partial charge >= 0.3 is 0 Å². The maximum absolute atomic E-state index is 5.95.